The molecule has 0 radical (unpaired) electrons. The number of nitrogens with one attached hydrogen (secondary N) is 2. The van der Waals surface area contributed by atoms with Gasteiger partial charge in [0.05, 0.1) is 15.6 Å². The minimum Gasteiger partial charge on any atom is -0.339 e. The topological polar surface area (TPSA) is 61.4 Å². The summed E-state index contributed by atoms with van der Waals surface area (Å²) in [5.74, 6) is -0.255. The number of piperidine rings is 1. The van der Waals surface area contributed by atoms with Crippen molar-refractivity contribution in [3.05, 3.63) is 51.2 Å². The average Bonchev–Trinajstić information content (AvgIpc) is 3.18. The summed E-state index contributed by atoms with van der Waals surface area (Å²) in [5, 5.41) is 8.29. The van der Waals surface area contributed by atoms with E-state index in [1.807, 2.05) is 23.4 Å². The van der Waals surface area contributed by atoms with Gasteiger partial charge >= 0.3 is 0 Å². The first kappa shape index (κ1) is 20.7. The van der Waals surface area contributed by atoms with Crippen LogP contribution in [-0.4, -0.2) is 42.9 Å². The van der Waals surface area contributed by atoms with Crippen LogP contribution in [0.5, 0.6) is 0 Å². The lowest BCUT2D eigenvalue weighted by molar-refractivity contribution is 0.0707. The third kappa shape index (κ3) is 4.76. The van der Waals surface area contributed by atoms with E-state index in [0.717, 1.165) is 25.9 Å². The molecule has 1 fully saturated rings. The van der Waals surface area contributed by atoms with E-state index in [-0.39, 0.29) is 24.2 Å². The maximum absolute atomic E-state index is 12.7. The van der Waals surface area contributed by atoms with Crippen molar-refractivity contribution in [3.8, 4) is 0 Å². The Balaban J connectivity index is 0.00000243. The number of carbonyl (C=O) groups is 2. The Hall–Kier alpha value is -1.60. The van der Waals surface area contributed by atoms with E-state index in [1.165, 1.54) is 11.3 Å². The van der Waals surface area contributed by atoms with E-state index >= 15 is 0 Å². The number of amides is 2. The molecule has 1 saturated heterocycles. The summed E-state index contributed by atoms with van der Waals surface area (Å²) in [5.41, 5.74) is 0.991. The minimum absolute atomic E-state index is 0. The molecule has 1 aliphatic heterocycles. The van der Waals surface area contributed by atoms with Gasteiger partial charge < -0.3 is 15.5 Å². The quantitative estimate of drug-likeness (QED) is 0.798. The molecule has 1 aliphatic rings. The molecule has 1 aromatic carbocycles. The maximum atomic E-state index is 12.7. The molecule has 1 aromatic heterocycles. The maximum Gasteiger partial charge on any atom is 0.265 e. The molecule has 26 heavy (non-hydrogen) atoms. The zero-order valence-corrected chi connectivity index (χ0v) is 16.7. The van der Waals surface area contributed by atoms with Crippen LogP contribution in [0, 0.1) is 0 Å². The summed E-state index contributed by atoms with van der Waals surface area (Å²) in [7, 11) is 1.95. The molecule has 5 nitrogen and oxygen atoms in total. The largest absolute Gasteiger partial charge is 0.339 e. The van der Waals surface area contributed by atoms with E-state index < -0.39 is 0 Å². The van der Waals surface area contributed by atoms with Crippen molar-refractivity contribution in [2.75, 3.05) is 25.5 Å². The normalized spacial score (nSPS) is 14.6. The van der Waals surface area contributed by atoms with Crippen molar-refractivity contribution >= 4 is 52.8 Å². The zero-order chi connectivity index (χ0) is 17.8. The minimum atomic E-state index is -0.226. The van der Waals surface area contributed by atoms with Crippen molar-refractivity contribution in [2.24, 2.45) is 0 Å². The van der Waals surface area contributed by atoms with Crippen molar-refractivity contribution in [3.63, 3.8) is 0 Å². The van der Waals surface area contributed by atoms with Crippen LogP contribution >= 0.6 is 35.3 Å². The first-order valence-electron chi connectivity index (χ1n) is 8.19. The fraction of sp³-hybridized carbons (Fsp3) is 0.333. The Morgan fingerprint density at radius 3 is 2.58 bits per heavy atom. The zero-order valence-electron chi connectivity index (χ0n) is 14.3. The van der Waals surface area contributed by atoms with Gasteiger partial charge in [-0.05, 0) is 49.5 Å². The number of likely N-dealkylation sites (tertiary alicyclic amines) is 1. The SMILES string of the molecule is CNC1CCN(C(=O)c2ccc(Cl)c(NC(=O)c3cccs3)c2)CC1.Cl. The Morgan fingerprint density at radius 1 is 1.23 bits per heavy atom. The standard InChI is InChI=1S/C18H20ClN3O2S.ClH/c1-20-13-6-8-22(9-7-13)18(24)12-4-5-14(19)15(11-12)21-17(23)16-3-2-10-25-16;/h2-5,10-11,13,20H,6-9H2,1H3,(H,21,23);1H. The third-order valence-electron chi connectivity index (χ3n) is 4.40. The van der Waals surface area contributed by atoms with Gasteiger partial charge in [-0.2, -0.15) is 0 Å². The highest BCUT2D eigenvalue weighted by Gasteiger charge is 2.23. The predicted molar refractivity (Wildman–Crippen MR) is 109 cm³/mol. The lowest BCUT2D eigenvalue weighted by Crippen LogP contribution is -2.43. The van der Waals surface area contributed by atoms with Gasteiger partial charge in [0.25, 0.3) is 11.8 Å². The number of thiophene rings is 1. The summed E-state index contributed by atoms with van der Waals surface area (Å²) < 4.78 is 0. The van der Waals surface area contributed by atoms with Crippen LogP contribution in [0.25, 0.3) is 0 Å². The number of hydrogen-bond donors (Lipinski definition) is 2. The van der Waals surface area contributed by atoms with E-state index in [2.05, 4.69) is 10.6 Å². The van der Waals surface area contributed by atoms with Gasteiger partial charge in [-0.25, -0.2) is 0 Å². The third-order valence-corrected chi connectivity index (χ3v) is 5.60. The number of nitrogens with zero attached hydrogens (tertiary/aromatic N) is 1. The summed E-state index contributed by atoms with van der Waals surface area (Å²) in [6.45, 7) is 1.45. The molecule has 0 unspecified atom stereocenters. The van der Waals surface area contributed by atoms with Gasteiger partial charge in [0.1, 0.15) is 0 Å². The van der Waals surface area contributed by atoms with Crippen LogP contribution in [0.3, 0.4) is 0 Å². The number of benzene rings is 1. The van der Waals surface area contributed by atoms with Crippen molar-refractivity contribution in [1.82, 2.24) is 10.2 Å². The average molecular weight is 414 g/mol. The molecule has 0 spiro atoms. The highest BCUT2D eigenvalue weighted by Crippen LogP contribution is 2.25. The second kappa shape index (κ2) is 9.37. The van der Waals surface area contributed by atoms with Crippen LogP contribution in [-0.2, 0) is 0 Å². The van der Waals surface area contributed by atoms with Gasteiger partial charge in [0.2, 0.25) is 0 Å². The van der Waals surface area contributed by atoms with Crippen LogP contribution in [0.15, 0.2) is 35.7 Å². The van der Waals surface area contributed by atoms with E-state index in [0.29, 0.717) is 27.2 Å². The molecule has 0 bridgehead atoms. The number of anilines is 1. The Morgan fingerprint density at radius 2 is 1.96 bits per heavy atom. The molecular formula is C18H21Cl2N3O2S. The molecule has 0 saturated carbocycles. The van der Waals surface area contributed by atoms with Gasteiger partial charge in [-0.15, -0.1) is 23.7 Å². The molecule has 2 heterocycles. The number of halogens is 2. The lowest BCUT2D eigenvalue weighted by Gasteiger charge is -2.32. The Kier molecular flexibility index (Phi) is 7.46. The highest BCUT2D eigenvalue weighted by atomic mass is 35.5. The van der Waals surface area contributed by atoms with Gasteiger partial charge in [0, 0.05) is 24.7 Å². The second-order valence-electron chi connectivity index (χ2n) is 5.98. The van der Waals surface area contributed by atoms with Gasteiger partial charge in [-0.1, -0.05) is 17.7 Å². The fourth-order valence-electron chi connectivity index (χ4n) is 2.90. The second-order valence-corrected chi connectivity index (χ2v) is 7.34. The first-order chi connectivity index (χ1) is 12.1. The molecule has 2 N–H and O–H groups in total. The van der Waals surface area contributed by atoms with E-state index in [4.69, 9.17) is 11.6 Å². The first-order valence-corrected chi connectivity index (χ1v) is 9.45. The Labute approximate surface area is 168 Å². The fourth-order valence-corrected chi connectivity index (χ4v) is 3.68. The summed E-state index contributed by atoms with van der Waals surface area (Å²) in [4.78, 5) is 27.4. The number of carbonyl (C=O) groups excluding carboxylic acids is 2. The number of hydrogen-bond acceptors (Lipinski definition) is 4. The number of rotatable bonds is 4. The monoisotopic (exact) mass is 413 g/mol. The molecule has 8 heteroatoms. The Bertz CT molecular complexity index is 760. The van der Waals surface area contributed by atoms with Crippen molar-refractivity contribution in [1.29, 1.82) is 0 Å². The molecule has 2 amide bonds. The lowest BCUT2D eigenvalue weighted by atomic mass is 10.0. The molecule has 0 aliphatic carbocycles. The molecule has 0 atom stereocenters. The van der Waals surface area contributed by atoms with Gasteiger partial charge in [0.15, 0.2) is 0 Å². The summed E-state index contributed by atoms with van der Waals surface area (Å²) in [6, 6.07) is 9.04. The summed E-state index contributed by atoms with van der Waals surface area (Å²) in [6.07, 6.45) is 1.88. The molecule has 3 rings (SSSR count). The van der Waals surface area contributed by atoms with Crippen LogP contribution in [0.4, 0.5) is 5.69 Å². The van der Waals surface area contributed by atoms with Crippen molar-refractivity contribution < 1.29 is 9.59 Å². The van der Waals surface area contributed by atoms with Crippen LogP contribution in [0.1, 0.15) is 32.9 Å². The molecule has 2 aromatic rings. The van der Waals surface area contributed by atoms with Gasteiger partial charge in [-0.3, -0.25) is 9.59 Å². The van der Waals surface area contributed by atoms with E-state index in [9.17, 15) is 9.59 Å². The highest BCUT2D eigenvalue weighted by molar-refractivity contribution is 7.12. The van der Waals surface area contributed by atoms with E-state index in [1.54, 1.807) is 24.3 Å². The predicted octanol–water partition coefficient (Wildman–Crippen LogP) is 3.90. The van der Waals surface area contributed by atoms with Crippen LogP contribution in [0.2, 0.25) is 5.02 Å². The van der Waals surface area contributed by atoms with Crippen molar-refractivity contribution in [2.45, 2.75) is 18.9 Å². The smallest absolute Gasteiger partial charge is 0.265 e. The molecular weight excluding hydrogens is 393 g/mol. The summed E-state index contributed by atoms with van der Waals surface area (Å²) >= 11 is 7.54. The van der Waals surface area contributed by atoms with Crippen LogP contribution < -0.4 is 10.6 Å². The molecule has 140 valence electrons.